The Kier molecular flexibility index (Phi) is 5.44. The molecule has 8 heteroatoms. The van der Waals surface area contributed by atoms with Crippen LogP contribution in [0.15, 0.2) is 87.5 Å². The van der Waals surface area contributed by atoms with Crippen LogP contribution in [0.3, 0.4) is 0 Å². The lowest BCUT2D eigenvalue weighted by molar-refractivity contribution is 0.403. The second-order valence-corrected chi connectivity index (χ2v) is 9.70. The van der Waals surface area contributed by atoms with Gasteiger partial charge in [0.1, 0.15) is 10.6 Å². The highest BCUT2D eigenvalue weighted by Crippen LogP contribution is 2.32. The Bertz CT molecular complexity index is 1190. The Morgan fingerprint density at radius 2 is 1.43 bits per heavy atom. The van der Waals surface area contributed by atoms with Crippen LogP contribution in [0.5, 0.6) is 5.75 Å². The number of sulfonamides is 1. The van der Waals surface area contributed by atoms with Crippen molar-refractivity contribution >= 4 is 25.5 Å². The molecule has 3 aromatic rings. The van der Waals surface area contributed by atoms with Crippen LogP contribution in [0.4, 0.5) is 5.69 Å². The number of hydrogen-bond donors (Lipinski definition) is 1. The van der Waals surface area contributed by atoms with Crippen LogP contribution < -0.4 is 9.46 Å². The second kappa shape index (κ2) is 7.65. The summed E-state index contributed by atoms with van der Waals surface area (Å²) in [6.07, 6.45) is 0. The molecular formula is C20H19NO5S2. The van der Waals surface area contributed by atoms with E-state index in [4.69, 9.17) is 4.74 Å². The molecule has 0 fully saturated rings. The highest BCUT2D eigenvalue weighted by atomic mass is 32.2. The molecule has 0 atom stereocenters. The lowest BCUT2D eigenvalue weighted by Gasteiger charge is -2.13. The predicted octanol–water partition coefficient (Wildman–Crippen LogP) is 3.64. The van der Waals surface area contributed by atoms with E-state index in [-0.39, 0.29) is 26.1 Å². The molecule has 0 saturated heterocycles. The van der Waals surface area contributed by atoms with Crippen LogP contribution in [-0.2, 0) is 19.9 Å². The SMILES string of the molecule is COc1ccc(NS(=O)(=O)c2ccc(C)cc2)cc1S(=O)(=O)c1ccccc1. The van der Waals surface area contributed by atoms with Gasteiger partial charge in [0.15, 0.2) is 0 Å². The van der Waals surface area contributed by atoms with Crippen molar-refractivity contribution in [2.24, 2.45) is 0 Å². The number of methoxy groups -OCH3 is 1. The Morgan fingerprint density at radius 1 is 0.786 bits per heavy atom. The molecule has 0 unspecified atom stereocenters. The van der Waals surface area contributed by atoms with Gasteiger partial charge in [0.2, 0.25) is 9.84 Å². The van der Waals surface area contributed by atoms with Gasteiger partial charge < -0.3 is 4.74 Å². The average molecular weight is 418 g/mol. The predicted molar refractivity (Wildman–Crippen MR) is 107 cm³/mol. The van der Waals surface area contributed by atoms with Crippen LogP contribution in [-0.4, -0.2) is 23.9 Å². The number of hydrogen-bond acceptors (Lipinski definition) is 5. The molecule has 0 heterocycles. The summed E-state index contributed by atoms with van der Waals surface area (Å²) in [7, 11) is -6.40. The maximum atomic E-state index is 13.0. The van der Waals surface area contributed by atoms with Crippen molar-refractivity contribution in [1.82, 2.24) is 0 Å². The minimum atomic E-state index is -3.89. The summed E-state index contributed by atoms with van der Waals surface area (Å²) in [5.41, 5.74) is 1.05. The third-order valence-electron chi connectivity index (χ3n) is 4.09. The third-order valence-corrected chi connectivity index (χ3v) is 7.28. The molecule has 0 aliphatic heterocycles. The highest BCUT2D eigenvalue weighted by Gasteiger charge is 2.24. The summed E-state index contributed by atoms with van der Waals surface area (Å²) >= 11 is 0. The summed E-state index contributed by atoms with van der Waals surface area (Å²) in [4.78, 5) is 0.0542. The largest absolute Gasteiger partial charge is 0.495 e. The van der Waals surface area contributed by atoms with Gasteiger partial charge in [-0.25, -0.2) is 16.8 Å². The fraction of sp³-hybridized carbons (Fsp3) is 0.100. The summed E-state index contributed by atoms with van der Waals surface area (Å²) in [5.74, 6) is 0.127. The van der Waals surface area contributed by atoms with Gasteiger partial charge in [0.25, 0.3) is 10.0 Å². The van der Waals surface area contributed by atoms with Gasteiger partial charge in [-0.15, -0.1) is 0 Å². The lowest BCUT2D eigenvalue weighted by atomic mass is 10.2. The molecule has 0 amide bonds. The van der Waals surface area contributed by atoms with Crippen molar-refractivity contribution in [3.05, 3.63) is 78.4 Å². The highest BCUT2D eigenvalue weighted by molar-refractivity contribution is 7.92. The lowest BCUT2D eigenvalue weighted by Crippen LogP contribution is -2.13. The number of aryl methyl sites for hydroxylation is 1. The number of rotatable bonds is 6. The third kappa shape index (κ3) is 4.02. The Balaban J connectivity index is 2.03. The van der Waals surface area contributed by atoms with Crippen LogP contribution >= 0.6 is 0 Å². The van der Waals surface area contributed by atoms with Crippen molar-refractivity contribution < 1.29 is 21.6 Å². The van der Waals surface area contributed by atoms with E-state index in [0.29, 0.717) is 0 Å². The zero-order chi connectivity index (χ0) is 20.4. The minimum Gasteiger partial charge on any atom is -0.495 e. The van der Waals surface area contributed by atoms with Gasteiger partial charge in [0, 0.05) is 0 Å². The number of nitrogens with one attached hydrogen (secondary N) is 1. The molecule has 0 spiro atoms. The van der Waals surface area contributed by atoms with E-state index >= 15 is 0 Å². The molecule has 146 valence electrons. The molecule has 1 N–H and O–H groups in total. The van der Waals surface area contributed by atoms with Crippen LogP contribution in [0.25, 0.3) is 0 Å². The van der Waals surface area contributed by atoms with E-state index in [1.807, 2.05) is 6.92 Å². The van der Waals surface area contributed by atoms with Crippen molar-refractivity contribution in [3.63, 3.8) is 0 Å². The smallest absolute Gasteiger partial charge is 0.261 e. The maximum Gasteiger partial charge on any atom is 0.261 e. The first-order valence-corrected chi connectivity index (χ1v) is 11.3. The molecule has 6 nitrogen and oxygen atoms in total. The molecule has 0 aromatic heterocycles. The molecule has 0 aliphatic carbocycles. The molecule has 3 rings (SSSR count). The second-order valence-electron chi connectivity index (χ2n) is 6.10. The van der Waals surface area contributed by atoms with E-state index in [2.05, 4.69) is 4.72 Å². The fourth-order valence-electron chi connectivity index (χ4n) is 2.61. The number of benzene rings is 3. The summed E-state index contributed by atoms with van der Waals surface area (Å²) in [6, 6.07) is 18.4. The normalized spacial score (nSPS) is 11.8. The standard InChI is InChI=1S/C20H19NO5S2/c1-15-8-11-18(12-9-15)28(24,25)21-16-10-13-19(26-2)20(14-16)27(22,23)17-6-4-3-5-7-17/h3-14,21H,1-2H3. The fourth-order valence-corrected chi connectivity index (χ4v) is 5.13. The van der Waals surface area contributed by atoms with Crippen LogP contribution in [0.1, 0.15) is 5.56 Å². The van der Waals surface area contributed by atoms with E-state index < -0.39 is 19.9 Å². The molecular weight excluding hydrogens is 398 g/mol. The van der Waals surface area contributed by atoms with Gasteiger partial charge in [-0.3, -0.25) is 4.72 Å². The average Bonchev–Trinajstić information content (AvgIpc) is 2.68. The van der Waals surface area contributed by atoms with Crippen molar-refractivity contribution in [2.45, 2.75) is 21.6 Å². The van der Waals surface area contributed by atoms with E-state index in [0.717, 1.165) is 5.56 Å². The molecule has 0 aliphatic rings. The number of sulfone groups is 1. The minimum absolute atomic E-state index is 0.0846. The zero-order valence-electron chi connectivity index (χ0n) is 15.3. The maximum absolute atomic E-state index is 13.0. The zero-order valence-corrected chi connectivity index (χ0v) is 16.9. The van der Waals surface area contributed by atoms with Gasteiger partial charge in [-0.2, -0.15) is 0 Å². The van der Waals surface area contributed by atoms with Gasteiger partial charge >= 0.3 is 0 Å². The molecule has 0 saturated carbocycles. The van der Waals surface area contributed by atoms with Crippen molar-refractivity contribution in [3.8, 4) is 5.75 Å². The van der Waals surface area contributed by atoms with Gasteiger partial charge in [-0.1, -0.05) is 35.9 Å². The van der Waals surface area contributed by atoms with Gasteiger partial charge in [-0.05, 0) is 49.4 Å². The van der Waals surface area contributed by atoms with E-state index in [1.54, 1.807) is 30.3 Å². The number of anilines is 1. The summed E-state index contributed by atoms with van der Waals surface area (Å²) < 4.78 is 58.8. The van der Waals surface area contributed by atoms with Crippen LogP contribution in [0, 0.1) is 6.92 Å². The first-order valence-electron chi connectivity index (χ1n) is 8.32. The topological polar surface area (TPSA) is 89.5 Å². The monoisotopic (exact) mass is 417 g/mol. The Hall–Kier alpha value is -2.84. The van der Waals surface area contributed by atoms with E-state index in [1.165, 1.54) is 49.6 Å². The van der Waals surface area contributed by atoms with E-state index in [9.17, 15) is 16.8 Å². The Labute approximate surface area is 164 Å². The molecule has 28 heavy (non-hydrogen) atoms. The summed E-state index contributed by atoms with van der Waals surface area (Å²) in [5, 5.41) is 0. The van der Waals surface area contributed by atoms with Crippen molar-refractivity contribution in [2.75, 3.05) is 11.8 Å². The number of ether oxygens (including phenoxy) is 1. The Morgan fingerprint density at radius 3 is 2.04 bits per heavy atom. The quantitative estimate of drug-likeness (QED) is 0.661. The first-order chi connectivity index (χ1) is 13.2. The molecule has 0 radical (unpaired) electrons. The molecule has 3 aromatic carbocycles. The van der Waals surface area contributed by atoms with Gasteiger partial charge in [0.05, 0.1) is 22.6 Å². The first kappa shape index (κ1) is 19.9. The molecule has 0 bridgehead atoms. The summed E-state index contributed by atoms with van der Waals surface area (Å²) in [6.45, 7) is 1.86. The van der Waals surface area contributed by atoms with Crippen molar-refractivity contribution in [1.29, 1.82) is 0 Å². The van der Waals surface area contributed by atoms with Crippen LogP contribution in [0.2, 0.25) is 0 Å².